The van der Waals surface area contributed by atoms with Gasteiger partial charge in [0.15, 0.2) is 5.11 Å². The molecule has 0 radical (unpaired) electrons. The van der Waals surface area contributed by atoms with Gasteiger partial charge in [0.2, 0.25) is 5.82 Å². The van der Waals surface area contributed by atoms with Gasteiger partial charge in [-0.2, -0.15) is 16.3 Å². The van der Waals surface area contributed by atoms with E-state index in [-0.39, 0.29) is 6.04 Å². The summed E-state index contributed by atoms with van der Waals surface area (Å²) in [4.78, 5) is 4.58. The molecule has 1 aliphatic heterocycles. The van der Waals surface area contributed by atoms with E-state index in [1.54, 1.807) is 11.3 Å². The Morgan fingerprint density at radius 2 is 2.04 bits per heavy atom. The summed E-state index contributed by atoms with van der Waals surface area (Å²) in [7, 11) is 0. The zero-order chi connectivity index (χ0) is 16.5. The van der Waals surface area contributed by atoms with Crippen molar-refractivity contribution in [2.75, 3.05) is 0 Å². The summed E-state index contributed by atoms with van der Waals surface area (Å²) in [6, 6.07) is 11.7. The standard InChI is InChI=1S/C17H14N4OS2/c1-10-13(14(19-17(23)18-10)12-7-8-24-9-12)16-20-15(21-22-16)11-5-3-2-4-6-11/h2-9,14H,1H3,(H2,18,19,23)/t14-/m0/s1. The molecule has 0 saturated carbocycles. The molecule has 1 atom stereocenters. The van der Waals surface area contributed by atoms with Crippen molar-refractivity contribution >= 4 is 34.2 Å². The monoisotopic (exact) mass is 354 g/mol. The van der Waals surface area contributed by atoms with E-state index in [2.05, 4.69) is 32.2 Å². The average molecular weight is 354 g/mol. The molecule has 3 heterocycles. The van der Waals surface area contributed by atoms with Crippen molar-refractivity contribution in [2.24, 2.45) is 0 Å². The van der Waals surface area contributed by atoms with Gasteiger partial charge in [-0.05, 0) is 41.5 Å². The lowest BCUT2D eigenvalue weighted by molar-refractivity contribution is 0.403. The number of allylic oxidation sites excluding steroid dienone is 1. The summed E-state index contributed by atoms with van der Waals surface area (Å²) in [6.45, 7) is 1.97. The lowest BCUT2D eigenvalue weighted by atomic mass is 9.98. The van der Waals surface area contributed by atoms with E-state index in [0.29, 0.717) is 16.8 Å². The quantitative estimate of drug-likeness (QED) is 0.699. The first-order chi connectivity index (χ1) is 11.7. The van der Waals surface area contributed by atoms with Crippen LogP contribution >= 0.6 is 23.6 Å². The molecule has 0 fully saturated rings. The zero-order valence-electron chi connectivity index (χ0n) is 12.8. The summed E-state index contributed by atoms with van der Waals surface area (Å²) in [5.74, 6) is 1.06. The van der Waals surface area contributed by atoms with E-state index in [1.807, 2.05) is 42.6 Å². The van der Waals surface area contributed by atoms with Crippen LogP contribution in [-0.4, -0.2) is 15.3 Å². The van der Waals surface area contributed by atoms with E-state index >= 15 is 0 Å². The Bertz CT molecular complexity index is 900. The zero-order valence-corrected chi connectivity index (χ0v) is 14.4. The first kappa shape index (κ1) is 15.0. The van der Waals surface area contributed by atoms with Crippen LogP contribution in [-0.2, 0) is 0 Å². The van der Waals surface area contributed by atoms with Gasteiger partial charge in [-0.15, -0.1) is 0 Å². The van der Waals surface area contributed by atoms with Gasteiger partial charge in [0.1, 0.15) is 0 Å². The molecule has 5 nitrogen and oxygen atoms in total. The normalized spacial score (nSPS) is 17.5. The predicted octanol–water partition coefficient (Wildman–Crippen LogP) is 3.75. The van der Waals surface area contributed by atoms with E-state index in [1.165, 1.54) is 0 Å². The maximum atomic E-state index is 5.55. The van der Waals surface area contributed by atoms with Gasteiger partial charge >= 0.3 is 0 Å². The summed E-state index contributed by atoms with van der Waals surface area (Å²) in [5.41, 5.74) is 3.87. The van der Waals surface area contributed by atoms with E-state index in [9.17, 15) is 0 Å². The van der Waals surface area contributed by atoms with Crippen molar-refractivity contribution in [3.63, 3.8) is 0 Å². The molecule has 0 aliphatic carbocycles. The van der Waals surface area contributed by atoms with Gasteiger partial charge in [-0.1, -0.05) is 35.5 Å². The van der Waals surface area contributed by atoms with E-state index in [4.69, 9.17) is 16.7 Å². The predicted molar refractivity (Wildman–Crippen MR) is 98.3 cm³/mol. The number of hydrogen-bond acceptors (Lipinski definition) is 5. The van der Waals surface area contributed by atoms with Crippen molar-refractivity contribution in [2.45, 2.75) is 13.0 Å². The molecule has 120 valence electrons. The smallest absolute Gasteiger partial charge is 0.258 e. The molecular weight excluding hydrogens is 340 g/mol. The molecule has 24 heavy (non-hydrogen) atoms. The Hall–Kier alpha value is -2.51. The van der Waals surface area contributed by atoms with Crippen LogP contribution in [0, 0.1) is 0 Å². The highest BCUT2D eigenvalue weighted by Crippen LogP contribution is 2.35. The molecular formula is C17H14N4OS2. The minimum Gasteiger partial charge on any atom is -0.351 e. The van der Waals surface area contributed by atoms with Crippen LogP contribution in [0.15, 0.2) is 57.4 Å². The largest absolute Gasteiger partial charge is 0.351 e. The van der Waals surface area contributed by atoms with Crippen LogP contribution in [0.25, 0.3) is 17.0 Å². The summed E-state index contributed by atoms with van der Waals surface area (Å²) in [5, 5.41) is 15.3. The molecule has 0 bridgehead atoms. The molecule has 7 heteroatoms. The maximum Gasteiger partial charge on any atom is 0.258 e. The molecule has 0 saturated heterocycles. The van der Waals surface area contributed by atoms with Crippen LogP contribution in [0.1, 0.15) is 24.4 Å². The Morgan fingerprint density at radius 1 is 1.21 bits per heavy atom. The van der Waals surface area contributed by atoms with Crippen molar-refractivity contribution in [3.05, 3.63) is 64.3 Å². The first-order valence-electron chi connectivity index (χ1n) is 7.42. The van der Waals surface area contributed by atoms with Gasteiger partial charge in [-0.25, -0.2) is 0 Å². The number of thiocarbonyl (C=S) groups is 1. The Labute approximate surface area is 148 Å². The second-order valence-electron chi connectivity index (χ2n) is 5.42. The van der Waals surface area contributed by atoms with Crippen LogP contribution in [0.2, 0.25) is 0 Å². The second kappa shape index (κ2) is 6.18. The first-order valence-corrected chi connectivity index (χ1v) is 8.77. The third kappa shape index (κ3) is 2.72. The number of nitrogens with one attached hydrogen (secondary N) is 2. The molecule has 0 unspecified atom stereocenters. The molecule has 0 amide bonds. The molecule has 4 rings (SSSR count). The van der Waals surface area contributed by atoms with E-state index in [0.717, 1.165) is 22.4 Å². The second-order valence-corrected chi connectivity index (χ2v) is 6.60. The number of rotatable bonds is 3. The Morgan fingerprint density at radius 3 is 2.79 bits per heavy atom. The van der Waals surface area contributed by atoms with Crippen molar-refractivity contribution in [3.8, 4) is 11.4 Å². The Kier molecular flexibility index (Phi) is 3.87. The van der Waals surface area contributed by atoms with Crippen LogP contribution in [0.3, 0.4) is 0 Å². The van der Waals surface area contributed by atoms with Crippen LogP contribution in [0.5, 0.6) is 0 Å². The van der Waals surface area contributed by atoms with Gasteiger partial charge in [0.25, 0.3) is 5.89 Å². The van der Waals surface area contributed by atoms with Crippen molar-refractivity contribution in [1.29, 1.82) is 0 Å². The Balaban J connectivity index is 1.77. The number of nitrogens with zero attached hydrogens (tertiary/aromatic N) is 2. The average Bonchev–Trinajstić information content (AvgIpc) is 3.27. The summed E-state index contributed by atoms with van der Waals surface area (Å²) >= 11 is 6.94. The molecule has 2 N–H and O–H groups in total. The summed E-state index contributed by atoms with van der Waals surface area (Å²) in [6.07, 6.45) is 0. The highest BCUT2D eigenvalue weighted by Gasteiger charge is 2.30. The number of aromatic nitrogens is 2. The fourth-order valence-corrected chi connectivity index (χ4v) is 3.66. The molecule has 3 aromatic rings. The SMILES string of the molecule is CC1=C(c2nc(-c3ccccc3)no2)[C@H](c2ccsc2)NC(=S)N1. The van der Waals surface area contributed by atoms with Gasteiger partial charge < -0.3 is 15.2 Å². The molecule has 0 spiro atoms. The summed E-state index contributed by atoms with van der Waals surface area (Å²) < 4.78 is 5.55. The highest BCUT2D eigenvalue weighted by molar-refractivity contribution is 7.80. The molecule has 1 aliphatic rings. The van der Waals surface area contributed by atoms with Gasteiger partial charge in [0.05, 0.1) is 11.6 Å². The van der Waals surface area contributed by atoms with Gasteiger partial charge in [-0.3, -0.25) is 0 Å². The minimum atomic E-state index is -0.103. The number of thiophene rings is 1. The lowest BCUT2D eigenvalue weighted by Crippen LogP contribution is -2.42. The minimum absolute atomic E-state index is 0.103. The fourth-order valence-electron chi connectivity index (χ4n) is 2.70. The number of hydrogen-bond donors (Lipinski definition) is 2. The maximum absolute atomic E-state index is 5.55. The molecule has 1 aromatic carbocycles. The van der Waals surface area contributed by atoms with Crippen LogP contribution < -0.4 is 10.6 Å². The van der Waals surface area contributed by atoms with Crippen molar-refractivity contribution < 1.29 is 4.52 Å². The fraction of sp³-hybridized carbons (Fsp3) is 0.118. The highest BCUT2D eigenvalue weighted by atomic mass is 32.1. The molecule has 2 aromatic heterocycles. The van der Waals surface area contributed by atoms with Gasteiger partial charge in [0, 0.05) is 11.3 Å². The third-order valence-corrected chi connectivity index (χ3v) is 4.76. The lowest BCUT2D eigenvalue weighted by Gasteiger charge is -2.28. The van der Waals surface area contributed by atoms with Crippen molar-refractivity contribution in [1.82, 2.24) is 20.8 Å². The number of benzene rings is 1. The third-order valence-electron chi connectivity index (χ3n) is 3.83. The topological polar surface area (TPSA) is 63.0 Å². The van der Waals surface area contributed by atoms with E-state index < -0.39 is 0 Å². The van der Waals surface area contributed by atoms with Crippen LogP contribution in [0.4, 0.5) is 0 Å².